The van der Waals surface area contributed by atoms with Crippen LogP contribution in [-0.2, 0) is 9.84 Å². The zero-order valence-electron chi connectivity index (χ0n) is 17.7. The van der Waals surface area contributed by atoms with E-state index >= 15 is 0 Å². The molecule has 0 spiro atoms. The molecule has 0 unspecified atom stereocenters. The second-order valence-corrected chi connectivity index (χ2v) is 9.08. The molecule has 4 rings (SSSR count). The van der Waals surface area contributed by atoms with Crippen LogP contribution in [-0.4, -0.2) is 37.4 Å². The molecule has 2 aromatic heterocycles. The van der Waals surface area contributed by atoms with Gasteiger partial charge in [-0.1, -0.05) is 24.3 Å². The number of anilines is 1. The zero-order chi connectivity index (χ0) is 23.6. The number of carbonyl (C=O) groups excluding carboxylic acids is 1. The number of hydrogen-bond acceptors (Lipinski definition) is 8. The molecule has 33 heavy (non-hydrogen) atoms. The summed E-state index contributed by atoms with van der Waals surface area (Å²) in [5.74, 6) is -0.181. The van der Waals surface area contributed by atoms with Gasteiger partial charge in [0.1, 0.15) is 5.56 Å². The maximum Gasteiger partial charge on any atom is 0.349 e. The summed E-state index contributed by atoms with van der Waals surface area (Å²) in [5.41, 5.74) is 0.975. The SMILES string of the molecule is CCOc1cccc2cc(C(=O)Nc3ccc(-c4ccc(S(C)(=O)=O)nn4)cc3)c(=O)oc12. The van der Waals surface area contributed by atoms with E-state index in [1.807, 2.05) is 6.92 Å². The fourth-order valence-electron chi connectivity index (χ4n) is 3.14. The lowest BCUT2D eigenvalue weighted by Crippen LogP contribution is -2.20. The predicted octanol–water partition coefficient (Wildman–Crippen LogP) is 3.30. The van der Waals surface area contributed by atoms with Crippen molar-refractivity contribution in [2.75, 3.05) is 18.2 Å². The van der Waals surface area contributed by atoms with Crippen LogP contribution in [0.3, 0.4) is 0 Å². The molecule has 1 N–H and O–H groups in total. The Morgan fingerprint density at radius 1 is 1.06 bits per heavy atom. The summed E-state index contributed by atoms with van der Waals surface area (Å²) in [5, 5.41) is 10.8. The fourth-order valence-corrected chi connectivity index (χ4v) is 3.64. The van der Waals surface area contributed by atoms with E-state index in [9.17, 15) is 18.0 Å². The van der Waals surface area contributed by atoms with Gasteiger partial charge >= 0.3 is 5.63 Å². The maximum absolute atomic E-state index is 12.7. The Bertz CT molecular complexity index is 1490. The van der Waals surface area contributed by atoms with Crippen LogP contribution in [0.5, 0.6) is 5.75 Å². The van der Waals surface area contributed by atoms with Gasteiger partial charge in [-0.15, -0.1) is 10.2 Å². The fraction of sp³-hybridized carbons (Fsp3) is 0.130. The lowest BCUT2D eigenvalue weighted by Gasteiger charge is -2.08. The normalized spacial score (nSPS) is 11.3. The first-order valence-electron chi connectivity index (χ1n) is 9.91. The molecule has 4 aromatic rings. The molecule has 0 aliphatic carbocycles. The number of aromatic nitrogens is 2. The van der Waals surface area contributed by atoms with Gasteiger partial charge in [0.2, 0.25) is 0 Å². The van der Waals surface area contributed by atoms with Crippen molar-refractivity contribution in [2.45, 2.75) is 11.9 Å². The average Bonchev–Trinajstić information content (AvgIpc) is 2.79. The van der Waals surface area contributed by atoms with Crippen LogP contribution < -0.4 is 15.7 Å². The van der Waals surface area contributed by atoms with Gasteiger partial charge in [-0.05, 0) is 43.3 Å². The number of hydrogen-bond donors (Lipinski definition) is 1. The van der Waals surface area contributed by atoms with Gasteiger partial charge in [-0.2, -0.15) is 0 Å². The number of amides is 1. The van der Waals surface area contributed by atoms with E-state index in [0.29, 0.717) is 34.7 Å². The first-order valence-corrected chi connectivity index (χ1v) is 11.8. The summed E-state index contributed by atoms with van der Waals surface area (Å²) >= 11 is 0. The molecule has 168 valence electrons. The molecule has 0 bridgehead atoms. The number of nitrogens with one attached hydrogen (secondary N) is 1. The van der Waals surface area contributed by atoms with Crippen molar-refractivity contribution in [3.8, 4) is 17.0 Å². The summed E-state index contributed by atoms with van der Waals surface area (Å²) < 4.78 is 33.8. The average molecular weight is 465 g/mol. The molecule has 0 fully saturated rings. The summed E-state index contributed by atoms with van der Waals surface area (Å²) in [6.45, 7) is 2.23. The number of fused-ring (bicyclic) bond motifs is 1. The number of benzene rings is 2. The molecule has 0 radical (unpaired) electrons. The number of sulfone groups is 1. The number of ether oxygens (including phenoxy) is 1. The van der Waals surface area contributed by atoms with Gasteiger partial charge in [0.15, 0.2) is 26.2 Å². The highest BCUT2D eigenvalue weighted by Gasteiger charge is 2.16. The highest BCUT2D eigenvalue weighted by molar-refractivity contribution is 7.90. The number of carbonyl (C=O) groups is 1. The standard InChI is InChI=1S/C23H19N3O6S/c1-3-31-19-6-4-5-15-13-17(23(28)32-21(15)19)22(27)24-16-9-7-14(8-10-16)18-11-12-20(26-25-18)33(2,29)30/h4-13H,3H2,1-2H3,(H,24,27). The zero-order valence-corrected chi connectivity index (χ0v) is 18.5. The summed E-state index contributed by atoms with van der Waals surface area (Å²) in [4.78, 5) is 25.1. The third-order valence-electron chi connectivity index (χ3n) is 4.73. The molecule has 9 nitrogen and oxygen atoms in total. The van der Waals surface area contributed by atoms with E-state index in [1.54, 1.807) is 48.5 Å². The molecular formula is C23H19N3O6S. The molecular weight excluding hydrogens is 446 g/mol. The minimum Gasteiger partial charge on any atom is -0.490 e. The molecule has 0 saturated heterocycles. The van der Waals surface area contributed by atoms with Crippen LogP contribution in [0, 0.1) is 0 Å². The second-order valence-electron chi connectivity index (χ2n) is 7.12. The molecule has 10 heteroatoms. The van der Waals surface area contributed by atoms with Crippen molar-refractivity contribution in [1.29, 1.82) is 0 Å². The van der Waals surface area contributed by atoms with Crippen molar-refractivity contribution in [1.82, 2.24) is 10.2 Å². The monoisotopic (exact) mass is 465 g/mol. The van der Waals surface area contributed by atoms with E-state index in [2.05, 4.69) is 15.5 Å². The Hall–Kier alpha value is -4.05. The number of rotatable bonds is 6. The van der Waals surface area contributed by atoms with Gasteiger partial charge in [0, 0.05) is 22.9 Å². The van der Waals surface area contributed by atoms with Gasteiger partial charge in [0.25, 0.3) is 5.91 Å². The maximum atomic E-state index is 12.7. The highest BCUT2D eigenvalue weighted by Crippen LogP contribution is 2.25. The van der Waals surface area contributed by atoms with E-state index in [0.717, 1.165) is 6.26 Å². The van der Waals surface area contributed by atoms with Crippen LogP contribution in [0.2, 0.25) is 0 Å². The van der Waals surface area contributed by atoms with Crippen LogP contribution in [0.15, 0.2) is 74.9 Å². The van der Waals surface area contributed by atoms with E-state index in [-0.39, 0.29) is 16.2 Å². The molecule has 1 amide bonds. The smallest absolute Gasteiger partial charge is 0.349 e. The lowest BCUT2D eigenvalue weighted by molar-refractivity contribution is 0.102. The summed E-state index contributed by atoms with van der Waals surface area (Å²) in [6.07, 6.45) is 1.06. The van der Waals surface area contributed by atoms with E-state index in [4.69, 9.17) is 9.15 Å². The minimum absolute atomic E-state index is 0.113. The van der Waals surface area contributed by atoms with Crippen LogP contribution in [0.1, 0.15) is 17.3 Å². The first kappa shape index (κ1) is 22.2. The second kappa shape index (κ2) is 8.83. The van der Waals surface area contributed by atoms with Gasteiger partial charge in [0.05, 0.1) is 12.3 Å². The first-order chi connectivity index (χ1) is 15.8. The lowest BCUT2D eigenvalue weighted by atomic mass is 10.1. The molecule has 0 atom stereocenters. The van der Waals surface area contributed by atoms with Crippen molar-refractivity contribution in [3.05, 3.63) is 76.6 Å². The van der Waals surface area contributed by atoms with Gasteiger partial charge in [-0.25, -0.2) is 13.2 Å². The van der Waals surface area contributed by atoms with E-state index in [1.165, 1.54) is 12.1 Å². The van der Waals surface area contributed by atoms with E-state index < -0.39 is 21.4 Å². The molecule has 0 saturated carbocycles. The molecule has 2 heterocycles. The Kier molecular flexibility index (Phi) is 5.93. The topological polar surface area (TPSA) is 128 Å². The Balaban J connectivity index is 1.55. The van der Waals surface area contributed by atoms with Crippen LogP contribution >= 0.6 is 0 Å². The Morgan fingerprint density at radius 2 is 1.82 bits per heavy atom. The van der Waals surface area contributed by atoms with Gasteiger partial charge < -0.3 is 14.5 Å². The van der Waals surface area contributed by atoms with Crippen molar-refractivity contribution < 1.29 is 22.4 Å². The molecule has 2 aromatic carbocycles. The third kappa shape index (κ3) is 4.75. The Morgan fingerprint density at radius 3 is 2.45 bits per heavy atom. The van der Waals surface area contributed by atoms with Crippen molar-refractivity contribution in [3.63, 3.8) is 0 Å². The Labute approximate surface area is 189 Å². The quantitative estimate of drug-likeness (QED) is 0.430. The van der Waals surface area contributed by atoms with Crippen molar-refractivity contribution in [2.24, 2.45) is 0 Å². The number of nitrogens with zero attached hydrogens (tertiary/aromatic N) is 2. The predicted molar refractivity (Wildman–Crippen MR) is 122 cm³/mol. The van der Waals surface area contributed by atoms with Crippen LogP contribution in [0.4, 0.5) is 5.69 Å². The highest BCUT2D eigenvalue weighted by atomic mass is 32.2. The van der Waals surface area contributed by atoms with Gasteiger partial charge in [-0.3, -0.25) is 4.79 Å². The van der Waals surface area contributed by atoms with Crippen LogP contribution in [0.25, 0.3) is 22.2 Å². The summed E-state index contributed by atoms with van der Waals surface area (Å²) in [7, 11) is -3.43. The largest absolute Gasteiger partial charge is 0.490 e. The van der Waals surface area contributed by atoms with Crippen molar-refractivity contribution >= 4 is 32.4 Å². The summed E-state index contributed by atoms with van der Waals surface area (Å²) in [6, 6.07) is 16.2. The third-order valence-corrected chi connectivity index (χ3v) is 5.70. The number of para-hydroxylation sites is 1. The molecule has 0 aliphatic heterocycles. The minimum atomic E-state index is -3.43. The molecule has 0 aliphatic rings.